The minimum atomic E-state index is -0.969. The number of carboxylic acid groups (broad SMARTS) is 1. The lowest BCUT2D eigenvalue weighted by Gasteiger charge is -2.11. The van der Waals surface area contributed by atoms with Gasteiger partial charge < -0.3 is 19.6 Å². The van der Waals surface area contributed by atoms with E-state index >= 15 is 0 Å². The molecule has 6 heteroatoms. The number of carboxylic acids is 1. The van der Waals surface area contributed by atoms with Crippen molar-refractivity contribution in [3.8, 4) is 11.5 Å². The highest BCUT2D eigenvalue weighted by Crippen LogP contribution is 2.32. The minimum Gasteiger partial charge on any atom is -0.496 e. The number of nitrogens with one attached hydrogen (secondary N) is 1. The summed E-state index contributed by atoms with van der Waals surface area (Å²) in [7, 11) is 3.06. The predicted molar refractivity (Wildman–Crippen MR) is 150 cm³/mol. The number of hydrogen-bond acceptors (Lipinski definition) is 4. The van der Waals surface area contributed by atoms with E-state index in [4.69, 9.17) is 14.6 Å². The number of aromatic nitrogens is 1. The second-order valence-electron chi connectivity index (χ2n) is 8.61. The maximum absolute atomic E-state index is 13.2. The lowest BCUT2D eigenvalue weighted by Crippen LogP contribution is -2.04. The van der Waals surface area contributed by atoms with Crippen LogP contribution in [0.1, 0.15) is 26.3 Å². The number of benzene rings is 5. The first-order chi connectivity index (χ1) is 18.5. The fourth-order valence-corrected chi connectivity index (χ4v) is 4.69. The fraction of sp³-hybridized carbons (Fsp3) is 0.0625. The average molecular weight is 504 g/mol. The van der Waals surface area contributed by atoms with Crippen molar-refractivity contribution in [1.82, 2.24) is 4.98 Å². The number of carbonyl (C=O) groups is 2. The van der Waals surface area contributed by atoms with Crippen molar-refractivity contribution in [2.45, 2.75) is 0 Å². The second kappa shape index (κ2) is 10.5. The van der Waals surface area contributed by atoms with Crippen LogP contribution in [0, 0.1) is 0 Å². The van der Waals surface area contributed by atoms with Crippen LogP contribution in [0.3, 0.4) is 0 Å². The highest BCUT2D eigenvalue weighted by atomic mass is 16.5. The van der Waals surface area contributed by atoms with E-state index in [1.807, 2.05) is 84.9 Å². The fourth-order valence-electron chi connectivity index (χ4n) is 4.69. The maximum Gasteiger partial charge on any atom is 0.340 e. The Kier molecular flexibility index (Phi) is 6.78. The van der Waals surface area contributed by atoms with E-state index in [0.29, 0.717) is 28.0 Å². The molecule has 0 amide bonds. The molecule has 0 fully saturated rings. The molecule has 0 atom stereocenters. The highest BCUT2D eigenvalue weighted by molar-refractivity contribution is 6.22. The number of aromatic carboxylic acids is 1. The van der Waals surface area contributed by atoms with Crippen LogP contribution in [-0.4, -0.2) is 36.1 Å². The highest BCUT2D eigenvalue weighted by Gasteiger charge is 2.20. The summed E-state index contributed by atoms with van der Waals surface area (Å²) in [5.74, 6) is -0.0140. The molecule has 1 aromatic heterocycles. The zero-order chi connectivity index (χ0) is 26.6. The summed E-state index contributed by atoms with van der Waals surface area (Å²) < 4.78 is 10.5. The Morgan fingerprint density at radius 3 is 1.71 bits per heavy atom. The van der Waals surface area contributed by atoms with Crippen LogP contribution in [0.25, 0.3) is 32.4 Å². The summed E-state index contributed by atoms with van der Waals surface area (Å²) in [4.78, 5) is 27.5. The van der Waals surface area contributed by atoms with Gasteiger partial charge in [-0.2, -0.15) is 0 Å². The van der Waals surface area contributed by atoms with Gasteiger partial charge in [0, 0.05) is 22.7 Å². The van der Waals surface area contributed by atoms with E-state index in [0.717, 1.165) is 27.1 Å². The van der Waals surface area contributed by atoms with Crippen molar-refractivity contribution in [3.63, 3.8) is 0 Å². The van der Waals surface area contributed by atoms with Gasteiger partial charge in [-0.3, -0.25) is 4.79 Å². The summed E-state index contributed by atoms with van der Waals surface area (Å²) >= 11 is 0. The normalized spacial score (nSPS) is 10.7. The van der Waals surface area contributed by atoms with Crippen LogP contribution in [0.15, 0.2) is 103 Å². The van der Waals surface area contributed by atoms with E-state index in [1.54, 1.807) is 25.4 Å². The SMILES string of the molecule is COc1ccc2ccccc2c1C(=O)O.COc1ccc2ccccc2c1C(=O)c1c[nH]c2ccccc12. The largest absolute Gasteiger partial charge is 0.496 e. The molecule has 2 N–H and O–H groups in total. The average Bonchev–Trinajstić information content (AvgIpc) is 3.40. The molecule has 0 aliphatic carbocycles. The van der Waals surface area contributed by atoms with E-state index in [9.17, 15) is 9.59 Å². The van der Waals surface area contributed by atoms with Crippen molar-refractivity contribution in [2.24, 2.45) is 0 Å². The first-order valence-electron chi connectivity index (χ1n) is 12.0. The van der Waals surface area contributed by atoms with Crippen molar-refractivity contribution in [3.05, 3.63) is 120 Å². The molecule has 0 radical (unpaired) electrons. The second-order valence-corrected chi connectivity index (χ2v) is 8.61. The third kappa shape index (κ3) is 4.44. The van der Waals surface area contributed by atoms with E-state index in [1.165, 1.54) is 7.11 Å². The molecule has 0 unspecified atom stereocenters. The van der Waals surface area contributed by atoms with Gasteiger partial charge in [-0.25, -0.2) is 4.79 Å². The molecular weight excluding hydrogens is 478 g/mol. The molecule has 6 nitrogen and oxygen atoms in total. The number of hydrogen-bond donors (Lipinski definition) is 2. The number of methoxy groups -OCH3 is 2. The van der Waals surface area contributed by atoms with Crippen molar-refractivity contribution < 1.29 is 24.2 Å². The van der Waals surface area contributed by atoms with Gasteiger partial charge in [0.1, 0.15) is 17.1 Å². The lowest BCUT2D eigenvalue weighted by atomic mass is 9.96. The number of aromatic amines is 1. The Bertz CT molecular complexity index is 1800. The van der Waals surface area contributed by atoms with Gasteiger partial charge in [-0.1, -0.05) is 78.9 Å². The number of ether oxygens (including phenoxy) is 2. The van der Waals surface area contributed by atoms with Gasteiger partial charge in [-0.05, 0) is 39.7 Å². The van der Waals surface area contributed by atoms with Crippen molar-refractivity contribution >= 4 is 44.2 Å². The molecule has 1 heterocycles. The molecular formula is C32H25NO5. The standard InChI is InChI=1S/C20H15NO2.C12H10O3/c1-23-18-11-10-13-6-2-3-7-14(13)19(18)20(22)16-12-21-17-9-5-4-8-15(16)17;1-15-10-7-6-8-4-2-3-5-9(8)11(10)12(13)14/h2-12,21H,1H3;2-7H,1H3,(H,13,14). The Labute approximate surface area is 219 Å². The summed E-state index contributed by atoms with van der Waals surface area (Å²) in [5, 5.41) is 13.6. The van der Waals surface area contributed by atoms with Crippen LogP contribution >= 0.6 is 0 Å². The van der Waals surface area contributed by atoms with E-state index < -0.39 is 5.97 Å². The quantitative estimate of drug-likeness (QED) is 0.245. The van der Waals surface area contributed by atoms with Crippen LogP contribution in [0.5, 0.6) is 11.5 Å². The van der Waals surface area contributed by atoms with E-state index in [-0.39, 0.29) is 11.3 Å². The zero-order valence-corrected chi connectivity index (χ0v) is 20.9. The molecule has 38 heavy (non-hydrogen) atoms. The minimum absolute atomic E-state index is 0.0314. The number of rotatable bonds is 5. The molecule has 5 aromatic carbocycles. The third-order valence-electron chi connectivity index (χ3n) is 6.50. The van der Waals surface area contributed by atoms with Crippen LogP contribution in [-0.2, 0) is 0 Å². The molecule has 0 aliphatic heterocycles. The molecule has 0 spiro atoms. The van der Waals surface area contributed by atoms with Crippen LogP contribution in [0.2, 0.25) is 0 Å². The Hall–Kier alpha value is -5.10. The molecule has 0 bridgehead atoms. The summed E-state index contributed by atoms with van der Waals surface area (Å²) in [5.41, 5.74) is 2.44. The maximum atomic E-state index is 13.2. The molecule has 0 saturated heterocycles. The van der Waals surface area contributed by atoms with Gasteiger partial charge in [0.05, 0.1) is 19.8 Å². The molecule has 0 saturated carbocycles. The zero-order valence-electron chi connectivity index (χ0n) is 20.9. The Morgan fingerprint density at radius 2 is 1.13 bits per heavy atom. The molecule has 6 rings (SSSR count). The van der Waals surface area contributed by atoms with E-state index in [2.05, 4.69) is 4.98 Å². The Balaban J connectivity index is 0.000000170. The molecule has 6 aromatic rings. The number of H-pyrrole nitrogens is 1. The van der Waals surface area contributed by atoms with Gasteiger partial charge in [0.2, 0.25) is 0 Å². The van der Waals surface area contributed by atoms with Crippen molar-refractivity contribution in [1.29, 1.82) is 0 Å². The Morgan fingerprint density at radius 1 is 0.632 bits per heavy atom. The number of ketones is 1. The number of carbonyl (C=O) groups excluding carboxylic acids is 1. The van der Waals surface area contributed by atoms with Gasteiger partial charge in [0.25, 0.3) is 0 Å². The molecule has 188 valence electrons. The topological polar surface area (TPSA) is 88.6 Å². The first kappa shape index (κ1) is 24.6. The predicted octanol–water partition coefficient (Wildman–Crippen LogP) is 7.11. The van der Waals surface area contributed by atoms with Gasteiger partial charge >= 0.3 is 5.97 Å². The summed E-state index contributed by atoms with van der Waals surface area (Å²) in [6.45, 7) is 0. The van der Waals surface area contributed by atoms with Gasteiger partial charge in [0.15, 0.2) is 5.78 Å². The van der Waals surface area contributed by atoms with Gasteiger partial charge in [-0.15, -0.1) is 0 Å². The lowest BCUT2D eigenvalue weighted by molar-refractivity contribution is 0.0695. The summed E-state index contributed by atoms with van der Waals surface area (Å²) in [6, 6.07) is 30.4. The van der Waals surface area contributed by atoms with Crippen LogP contribution in [0.4, 0.5) is 0 Å². The monoisotopic (exact) mass is 503 g/mol. The summed E-state index contributed by atoms with van der Waals surface area (Å²) in [6.07, 6.45) is 1.77. The number of fused-ring (bicyclic) bond motifs is 3. The van der Waals surface area contributed by atoms with Crippen molar-refractivity contribution in [2.75, 3.05) is 14.2 Å². The molecule has 0 aliphatic rings. The third-order valence-corrected chi connectivity index (χ3v) is 6.50. The number of para-hydroxylation sites is 1. The van der Waals surface area contributed by atoms with Crippen LogP contribution < -0.4 is 9.47 Å². The smallest absolute Gasteiger partial charge is 0.340 e. The first-order valence-corrected chi connectivity index (χ1v) is 12.0.